The van der Waals surface area contributed by atoms with E-state index in [-0.39, 0.29) is 35.3 Å². The number of benzene rings is 2. The maximum Gasteiger partial charge on any atom is 0.283 e. The second kappa shape index (κ2) is 10.6. The van der Waals surface area contributed by atoms with Gasteiger partial charge in [0.05, 0.1) is 27.3 Å². The number of thioether (sulfide) groups is 1. The molecule has 1 N–H and O–H groups in total. The molecule has 0 unspecified atom stereocenters. The number of hydrogen-bond acceptors (Lipinski definition) is 6. The van der Waals surface area contributed by atoms with Gasteiger partial charge in [0.2, 0.25) is 0 Å². The molecule has 0 saturated heterocycles. The van der Waals surface area contributed by atoms with Crippen molar-refractivity contribution in [2.45, 2.75) is 51.6 Å². The van der Waals surface area contributed by atoms with Crippen LogP contribution in [0, 0.1) is 16.0 Å². The molecular formula is C24H28N4O4S. The number of nitrogens with one attached hydrogen (secondary N) is 1. The maximum atomic E-state index is 13.3. The molecule has 3 rings (SSSR count). The van der Waals surface area contributed by atoms with E-state index < -0.39 is 4.92 Å². The lowest BCUT2D eigenvalue weighted by atomic mass is 10.1. The smallest absolute Gasteiger partial charge is 0.283 e. The zero-order chi connectivity index (χ0) is 24.1. The third-order valence-corrected chi connectivity index (χ3v) is 6.32. The van der Waals surface area contributed by atoms with Crippen molar-refractivity contribution in [3.8, 4) is 0 Å². The van der Waals surface area contributed by atoms with Crippen LogP contribution in [0.2, 0.25) is 0 Å². The van der Waals surface area contributed by atoms with Gasteiger partial charge in [-0.25, -0.2) is 4.98 Å². The van der Waals surface area contributed by atoms with Gasteiger partial charge in [-0.2, -0.15) is 0 Å². The Morgan fingerprint density at radius 1 is 1.18 bits per heavy atom. The fourth-order valence-corrected chi connectivity index (χ4v) is 4.60. The van der Waals surface area contributed by atoms with Crippen LogP contribution < -0.4 is 5.56 Å². The van der Waals surface area contributed by atoms with Crippen molar-refractivity contribution >= 4 is 34.3 Å². The van der Waals surface area contributed by atoms with Crippen molar-refractivity contribution in [2.75, 3.05) is 5.75 Å². The third kappa shape index (κ3) is 5.98. The van der Waals surface area contributed by atoms with Crippen LogP contribution in [0.1, 0.15) is 50.3 Å². The first kappa shape index (κ1) is 24.4. The number of para-hydroxylation sites is 1. The van der Waals surface area contributed by atoms with Gasteiger partial charge >= 0.3 is 0 Å². The molecule has 0 bridgehead atoms. The van der Waals surface area contributed by atoms with Crippen LogP contribution in [0.25, 0.3) is 10.9 Å². The Kier molecular flexibility index (Phi) is 7.86. The highest BCUT2D eigenvalue weighted by atomic mass is 32.2. The number of carbonyl (C=O) groups is 1. The fourth-order valence-electron chi connectivity index (χ4n) is 3.35. The third-order valence-electron chi connectivity index (χ3n) is 5.22. The molecule has 8 nitrogen and oxygen atoms in total. The van der Waals surface area contributed by atoms with E-state index in [2.05, 4.69) is 23.8 Å². The molecule has 0 aliphatic carbocycles. The van der Waals surface area contributed by atoms with E-state index in [4.69, 9.17) is 0 Å². The Morgan fingerprint density at radius 3 is 2.58 bits per heavy atom. The van der Waals surface area contributed by atoms with E-state index in [9.17, 15) is 19.7 Å². The van der Waals surface area contributed by atoms with Crippen LogP contribution in [0.5, 0.6) is 0 Å². The molecule has 0 aliphatic rings. The van der Waals surface area contributed by atoms with Crippen molar-refractivity contribution < 1.29 is 9.72 Å². The molecule has 9 heteroatoms. The highest BCUT2D eigenvalue weighted by Crippen LogP contribution is 2.31. The van der Waals surface area contributed by atoms with Crippen LogP contribution in [0.15, 0.2) is 52.2 Å². The minimum Gasteiger partial charge on any atom is -0.329 e. The molecule has 3 aromatic rings. The molecular weight excluding hydrogens is 440 g/mol. The molecule has 0 fully saturated rings. The molecule has 1 aromatic heterocycles. The molecule has 0 aliphatic heterocycles. The van der Waals surface area contributed by atoms with Crippen molar-refractivity contribution in [2.24, 2.45) is 5.92 Å². The predicted octanol–water partition coefficient (Wildman–Crippen LogP) is 5.02. The molecule has 0 spiro atoms. The van der Waals surface area contributed by atoms with Gasteiger partial charge in [0.15, 0.2) is 0 Å². The van der Waals surface area contributed by atoms with Gasteiger partial charge in [-0.1, -0.05) is 26.0 Å². The summed E-state index contributed by atoms with van der Waals surface area (Å²) in [5, 5.41) is 12.1. The van der Waals surface area contributed by atoms with Gasteiger partial charge < -0.3 is 9.88 Å². The number of amides is 1. The fraction of sp³-hybridized carbons (Fsp3) is 0.375. The minimum absolute atomic E-state index is 0.0736. The zero-order valence-corrected chi connectivity index (χ0v) is 20.0. The summed E-state index contributed by atoms with van der Waals surface area (Å²) in [5.41, 5.74) is 0.429. The first-order valence-corrected chi connectivity index (χ1v) is 11.9. The lowest BCUT2D eigenvalue weighted by Gasteiger charge is -2.26. The number of fused-ring (bicyclic) bond motifs is 1. The van der Waals surface area contributed by atoms with Crippen molar-refractivity contribution in [3.63, 3.8) is 0 Å². The molecule has 0 saturated carbocycles. The first-order valence-electron chi connectivity index (χ1n) is 10.9. The van der Waals surface area contributed by atoms with E-state index in [0.29, 0.717) is 27.5 Å². The molecule has 2 aromatic carbocycles. The summed E-state index contributed by atoms with van der Waals surface area (Å²) in [6.45, 7) is 7.99. The minimum atomic E-state index is -0.448. The molecule has 1 heterocycles. The van der Waals surface area contributed by atoms with Crippen molar-refractivity contribution in [1.29, 1.82) is 0 Å². The number of aromatic nitrogens is 2. The van der Waals surface area contributed by atoms with Crippen molar-refractivity contribution in [1.82, 2.24) is 14.9 Å². The van der Waals surface area contributed by atoms with E-state index in [1.807, 2.05) is 13.8 Å². The van der Waals surface area contributed by atoms with E-state index in [1.54, 1.807) is 36.4 Å². The average molecular weight is 469 g/mol. The number of nitrogens with zero attached hydrogens (tertiary/aromatic N) is 3. The Labute approximate surface area is 196 Å². The maximum absolute atomic E-state index is 13.3. The number of nitro groups is 1. The summed E-state index contributed by atoms with van der Waals surface area (Å²) in [6, 6.07) is 11.4. The largest absolute Gasteiger partial charge is 0.329 e. The number of H-pyrrole nitrogens is 1. The van der Waals surface area contributed by atoms with Crippen LogP contribution in [0.3, 0.4) is 0 Å². The van der Waals surface area contributed by atoms with Crippen molar-refractivity contribution in [3.05, 3.63) is 74.3 Å². The zero-order valence-electron chi connectivity index (χ0n) is 19.2. The van der Waals surface area contributed by atoms with Gasteiger partial charge in [-0.15, -0.1) is 11.8 Å². The number of hydrogen-bond donors (Lipinski definition) is 1. The lowest BCUT2D eigenvalue weighted by molar-refractivity contribution is -0.387. The van der Waals surface area contributed by atoms with E-state index in [1.165, 1.54) is 22.7 Å². The predicted molar refractivity (Wildman–Crippen MR) is 131 cm³/mol. The summed E-state index contributed by atoms with van der Waals surface area (Å²) in [7, 11) is 0. The number of carbonyl (C=O) groups excluding carboxylic acids is 1. The van der Waals surface area contributed by atoms with Crippen LogP contribution in [0.4, 0.5) is 5.69 Å². The summed E-state index contributed by atoms with van der Waals surface area (Å²) >= 11 is 1.43. The normalized spacial score (nSPS) is 11.3. The first-order chi connectivity index (χ1) is 15.7. The average Bonchev–Trinajstić information content (AvgIpc) is 2.76. The van der Waals surface area contributed by atoms with Crippen LogP contribution in [-0.4, -0.2) is 37.5 Å². The van der Waals surface area contributed by atoms with E-state index >= 15 is 0 Å². The molecule has 0 atom stereocenters. The molecule has 174 valence electrons. The lowest BCUT2D eigenvalue weighted by Crippen LogP contribution is -2.37. The summed E-state index contributed by atoms with van der Waals surface area (Å²) in [4.78, 5) is 46.2. The topological polar surface area (TPSA) is 109 Å². The van der Waals surface area contributed by atoms with Gasteiger partial charge in [0.25, 0.3) is 17.2 Å². The number of aromatic amines is 1. The van der Waals surface area contributed by atoms with Gasteiger partial charge in [-0.05, 0) is 56.2 Å². The summed E-state index contributed by atoms with van der Waals surface area (Å²) in [6.07, 6.45) is 0.945. The molecule has 0 radical (unpaired) electrons. The van der Waals surface area contributed by atoms with Crippen LogP contribution >= 0.6 is 11.8 Å². The highest BCUT2D eigenvalue weighted by molar-refractivity contribution is 7.99. The summed E-state index contributed by atoms with van der Waals surface area (Å²) < 4.78 is 0. The monoisotopic (exact) mass is 468 g/mol. The molecule has 1 amide bonds. The second-order valence-corrected chi connectivity index (χ2v) is 9.66. The SMILES string of the molecule is CC(C)CCSc1ccc(C(=O)N(Cc2nc3ccccc3c(=O)[nH]2)C(C)C)cc1[N+](=O)[O-]. The molecule has 33 heavy (non-hydrogen) atoms. The number of rotatable bonds is 9. The Morgan fingerprint density at radius 2 is 1.91 bits per heavy atom. The highest BCUT2D eigenvalue weighted by Gasteiger charge is 2.24. The summed E-state index contributed by atoms with van der Waals surface area (Å²) in [5.74, 6) is 1.27. The van der Waals surface area contributed by atoms with E-state index in [0.717, 1.165) is 12.2 Å². The standard InChI is InChI=1S/C24H28N4O4S/c1-15(2)11-12-33-21-10-9-17(13-20(21)28(31)32)24(30)27(16(3)4)14-22-25-19-8-6-5-7-18(19)23(29)26-22/h5-10,13,15-16H,11-12,14H2,1-4H3,(H,25,26,29). The second-order valence-electron chi connectivity index (χ2n) is 8.53. The van der Waals surface area contributed by atoms with Gasteiger partial charge in [0, 0.05) is 17.7 Å². The van der Waals surface area contributed by atoms with Gasteiger partial charge in [-0.3, -0.25) is 19.7 Å². The van der Waals surface area contributed by atoms with Crippen LogP contribution in [-0.2, 0) is 6.54 Å². The quantitative estimate of drug-likeness (QED) is 0.268. The Hall–Kier alpha value is -3.20. The Bertz CT molecular complexity index is 1220. The Balaban J connectivity index is 1.88. The number of nitro benzene ring substituents is 1. The van der Waals surface area contributed by atoms with Gasteiger partial charge in [0.1, 0.15) is 5.82 Å².